The van der Waals surface area contributed by atoms with E-state index in [4.69, 9.17) is 5.73 Å². The van der Waals surface area contributed by atoms with E-state index in [0.29, 0.717) is 23.8 Å². The number of nitrogens with one attached hydrogen (secondary N) is 2. The highest BCUT2D eigenvalue weighted by atomic mass is 16.2. The SMILES string of the molecule is CN(CC(=O)Nc1ccc(C(N)=O)cc1)CC1CCCN1. The Morgan fingerprint density at radius 2 is 2.10 bits per heavy atom. The molecule has 114 valence electrons. The van der Waals surface area contributed by atoms with Crippen molar-refractivity contribution < 1.29 is 9.59 Å². The molecule has 2 rings (SSSR count). The Morgan fingerprint density at radius 3 is 2.67 bits per heavy atom. The van der Waals surface area contributed by atoms with Crippen LogP contribution >= 0.6 is 0 Å². The lowest BCUT2D eigenvalue weighted by atomic mass is 10.2. The largest absolute Gasteiger partial charge is 0.366 e. The summed E-state index contributed by atoms with van der Waals surface area (Å²) < 4.78 is 0. The molecule has 1 aromatic carbocycles. The second-order valence-corrected chi connectivity index (χ2v) is 5.48. The van der Waals surface area contributed by atoms with Gasteiger partial charge in [-0.3, -0.25) is 14.5 Å². The predicted octanol–water partition coefficient (Wildman–Crippen LogP) is 0.408. The van der Waals surface area contributed by atoms with Crippen molar-refractivity contribution >= 4 is 17.5 Å². The molecule has 6 nitrogen and oxygen atoms in total. The molecule has 1 aliphatic rings. The summed E-state index contributed by atoms with van der Waals surface area (Å²) in [5.74, 6) is -0.543. The van der Waals surface area contributed by atoms with Gasteiger partial charge in [-0.15, -0.1) is 0 Å². The Labute approximate surface area is 124 Å². The molecule has 1 heterocycles. The van der Waals surface area contributed by atoms with Gasteiger partial charge in [0.05, 0.1) is 6.54 Å². The molecular formula is C15H22N4O2. The molecule has 1 aromatic rings. The predicted molar refractivity (Wildman–Crippen MR) is 82.1 cm³/mol. The third-order valence-electron chi connectivity index (χ3n) is 3.56. The molecule has 1 saturated heterocycles. The molecule has 0 aromatic heterocycles. The Morgan fingerprint density at radius 1 is 1.38 bits per heavy atom. The Hall–Kier alpha value is -1.92. The van der Waals surface area contributed by atoms with Crippen LogP contribution in [-0.2, 0) is 4.79 Å². The Balaban J connectivity index is 1.79. The number of benzene rings is 1. The summed E-state index contributed by atoms with van der Waals surface area (Å²) in [7, 11) is 1.94. The minimum Gasteiger partial charge on any atom is -0.366 e. The molecule has 4 N–H and O–H groups in total. The number of amides is 2. The third kappa shape index (κ3) is 4.84. The maximum atomic E-state index is 12.0. The fraction of sp³-hybridized carbons (Fsp3) is 0.467. The van der Waals surface area contributed by atoms with Crippen LogP contribution in [-0.4, -0.2) is 49.4 Å². The smallest absolute Gasteiger partial charge is 0.248 e. The van der Waals surface area contributed by atoms with E-state index in [1.54, 1.807) is 24.3 Å². The standard InChI is InChI=1S/C15H22N4O2/c1-19(9-13-3-2-8-17-13)10-14(20)18-12-6-4-11(5-7-12)15(16)21/h4-7,13,17H,2-3,8-10H2,1H3,(H2,16,21)(H,18,20). The molecule has 0 radical (unpaired) electrons. The van der Waals surface area contributed by atoms with E-state index in [-0.39, 0.29) is 5.91 Å². The number of likely N-dealkylation sites (N-methyl/N-ethyl adjacent to an activating group) is 1. The van der Waals surface area contributed by atoms with Gasteiger partial charge >= 0.3 is 0 Å². The summed E-state index contributed by atoms with van der Waals surface area (Å²) in [4.78, 5) is 24.9. The van der Waals surface area contributed by atoms with E-state index in [1.807, 2.05) is 11.9 Å². The summed E-state index contributed by atoms with van der Waals surface area (Å²) in [5.41, 5.74) is 6.26. The van der Waals surface area contributed by atoms with Crippen LogP contribution < -0.4 is 16.4 Å². The molecule has 0 saturated carbocycles. The van der Waals surface area contributed by atoms with Gasteiger partial charge in [0, 0.05) is 23.8 Å². The van der Waals surface area contributed by atoms with E-state index in [9.17, 15) is 9.59 Å². The van der Waals surface area contributed by atoms with Crippen LogP contribution in [0.2, 0.25) is 0 Å². The van der Waals surface area contributed by atoms with Crippen molar-refractivity contribution in [1.29, 1.82) is 0 Å². The van der Waals surface area contributed by atoms with Crippen LogP contribution in [0.25, 0.3) is 0 Å². The lowest BCUT2D eigenvalue weighted by Gasteiger charge is -2.20. The van der Waals surface area contributed by atoms with Gasteiger partial charge in [-0.1, -0.05) is 0 Å². The molecule has 0 bridgehead atoms. The first-order valence-electron chi connectivity index (χ1n) is 7.16. The Kier molecular flexibility index (Phi) is 5.30. The zero-order valence-electron chi connectivity index (χ0n) is 12.3. The van der Waals surface area contributed by atoms with Gasteiger partial charge < -0.3 is 16.4 Å². The number of rotatable bonds is 6. The normalized spacial score (nSPS) is 17.9. The van der Waals surface area contributed by atoms with E-state index >= 15 is 0 Å². The number of nitrogens with two attached hydrogens (primary N) is 1. The molecule has 6 heteroatoms. The summed E-state index contributed by atoms with van der Waals surface area (Å²) in [6.45, 7) is 2.28. The third-order valence-corrected chi connectivity index (χ3v) is 3.56. The molecule has 0 spiro atoms. The van der Waals surface area contributed by atoms with Crippen molar-refractivity contribution in [2.75, 3.05) is 32.0 Å². The minimum absolute atomic E-state index is 0.0673. The highest BCUT2D eigenvalue weighted by Gasteiger charge is 2.17. The topological polar surface area (TPSA) is 87.5 Å². The Bertz CT molecular complexity index is 495. The van der Waals surface area contributed by atoms with E-state index in [2.05, 4.69) is 10.6 Å². The highest BCUT2D eigenvalue weighted by molar-refractivity contribution is 5.95. The molecule has 1 aliphatic heterocycles. The molecule has 1 atom stereocenters. The summed E-state index contributed by atoms with van der Waals surface area (Å²) >= 11 is 0. The first-order chi connectivity index (χ1) is 10.0. The number of carbonyl (C=O) groups is 2. The average molecular weight is 290 g/mol. The summed E-state index contributed by atoms with van der Waals surface area (Å²) in [5, 5.41) is 6.22. The van der Waals surface area contributed by atoms with Gasteiger partial charge in [-0.05, 0) is 50.7 Å². The van der Waals surface area contributed by atoms with Crippen molar-refractivity contribution in [3.8, 4) is 0 Å². The van der Waals surface area contributed by atoms with Crippen LogP contribution in [0.4, 0.5) is 5.69 Å². The molecule has 1 fully saturated rings. The second kappa shape index (κ2) is 7.19. The lowest BCUT2D eigenvalue weighted by molar-refractivity contribution is -0.117. The van der Waals surface area contributed by atoms with E-state index < -0.39 is 5.91 Å². The fourth-order valence-electron chi connectivity index (χ4n) is 2.52. The van der Waals surface area contributed by atoms with Gasteiger partial charge in [0.1, 0.15) is 0 Å². The highest BCUT2D eigenvalue weighted by Crippen LogP contribution is 2.10. The van der Waals surface area contributed by atoms with Crippen LogP contribution in [0.15, 0.2) is 24.3 Å². The van der Waals surface area contributed by atoms with Gasteiger partial charge in [0.2, 0.25) is 11.8 Å². The molecular weight excluding hydrogens is 268 g/mol. The van der Waals surface area contributed by atoms with E-state index in [0.717, 1.165) is 13.1 Å². The molecule has 2 amide bonds. The quantitative estimate of drug-likeness (QED) is 0.708. The second-order valence-electron chi connectivity index (χ2n) is 5.48. The van der Waals surface area contributed by atoms with Crippen molar-refractivity contribution in [1.82, 2.24) is 10.2 Å². The van der Waals surface area contributed by atoms with Crippen molar-refractivity contribution in [3.05, 3.63) is 29.8 Å². The van der Waals surface area contributed by atoms with Crippen molar-refractivity contribution in [2.24, 2.45) is 5.73 Å². The monoisotopic (exact) mass is 290 g/mol. The van der Waals surface area contributed by atoms with Gasteiger partial charge in [0.25, 0.3) is 0 Å². The lowest BCUT2D eigenvalue weighted by Crippen LogP contribution is -2.39. The first kappa shape index (κ1) is 15.5. The number of hydrogen-bond acceptors (Lipinski definition) is 4. The van der Waals surface area contributed by atoms with Gasteiger partial charge in [-0.25, -0.2) is 0 Å². The van der Waals surface area contributed by atoms with Crippen molar-refractivity contribution in [3.63, 3.8) is 0 Å². The van der Waals surface area contributed by atoms with Crippen LogP contribution in [0.3, 0.4) is 0 Å². The number of hydrogen-bond donors (Lipinski definition) is 3. The first-order valence-corrected chi connectivity index (χ1v) is 7.16. The number of primary amides is 1. The maximum Gasteiger partial charge on any atom is 0.248 e. The van der Waals surface area contributed by atoms with Crippen LogP contribution in [0.1, 0.15) is 23.2 Å². The minimum atomic E-state index is -0.475. The van der Waals surface area contributed by atoms with E-state index in [1.165, 1.54) is 12.8 Å². The molecule has 21 heavy (non-hydrogen) atoms. The van der Waals surface area contributed by atoms with Gasteiger partial charge in [0.15, 0.2) is 0 Å². The number of carbonyl (C=O) groups excluding carboxylic acids is 2. The number of nitrogens with zero attached hydrogens (tertiary/aromatic N) is 1. The zero-order chi connectivity index (χ0) is 15.2. The maximum absolute atomic E-state index is 12.0. The summed E-state index contributed by atoms with van der Waals surface area (Å²) in [6.07, 6.45) is 2.37. The van der Waals surface area contributed by atoms with Crippen LogP contribution in [0, 0.1) is 0 Å². The van der Waals surface area contributed by atoms with Gasteiger partial charge in [-0.2, -0.15) is 0 Å². The number of anilines is 1. The molecule has 1 unspecified atom stereocenters. The molecule has 0 aliphatic carbocycles. The van der Waals surface area contributed by atoms with Crippen LogP contribution in [0.5, 0.6) is 0 Å². The summed E-state index contributed by atoms with van der Waals surface area (Å²) in [6, 6.07) is 7.04. The fourth-order valence-corrected chi connectivity index (χ4v) is 2.52. The zero-order valence-corrected chi connectivity index (χ0v) is 12.3. The van der Waals surface area contributed by atoms with Crippen molar-refractivity contribution in [2.45, 2.75) is 18.9 Å². The average Bonchev–Trinajstić information content (AvgIpc) is 2.91.